The van der Waals surface area contributed by atoms with Crippen LogP contribution in [0.1, 0.15) is 16.8 Å². The zero-order chi connectivity index (χ0) is 19.4. The Hall–Kier alpha value is -2.01. The Morgan fingerprint density at radius 3 is 2.52 bits per heavy atom. The summed E-state index contributed by atoms with van der Waals surface area (Å²) in [5.74, 6) is -1.42. The van der Waals surface area contributed by atoms with Gasteiger partial charge in [-0.2, -0.15) is 4.31 Å². The first kappa shape index (κ1) is 19.7. The summed E-state index contributed by atoms with van der Waals surface area (Å²) >= 11 is 0. The number of benzene rings is 1. The van der Waals surface area contributed by atoms with E-state index in [1.165, 1.54) is 33.5 Å². The summed E-state index contributed by atoms with van der Waals surface area (Å²) in [6.07, 6.45) is -0.225. The van der Waals surface area contributed by atoms with Crippen LogP contribution in [0.2, 0.25) is 0 Å². The molecule has 1 amide bonds. The van der Waals surface area contributed by atoms with E-state index in [1.54, 1.807) is 0 Å². The number of amides is 1. The Morgan fingerprint density at radius 1 is 1.11 bits per heavy atom. The van der Waals surface area contributed by atoms with Gasteiger partial charge in [0.1, 0.15) is 0 Å². The molecule has 1 unspecified atom stereocenters. The van der Waals surface area contributed by atoms with Crippen LogP contribution in [0, 0.1) is 0 Å². The molecule has 2 aliphatic heterocycles. The molecule has 1 N–H and O–H groups in total. The monoisotopic (exact) mass is 398 g/mol. The van der Waals surface area contributed by atoms with E-state index in [9.17, 15) is 18.0 Å². The lowest BCUT2D eigenvalue weighted by Crippen LogP contribution is -2.49. The molecule has 2 aliphatic rings. The molecule has 0 radical (unpaired) electrons. The van der Waals surface area contributed by atoms with Crippen LogP contribution in [0.4, 0.5) is 0 Å². The molecule has 0 spiro atoms. The lowest BCUT2D eigenvalue weighted by atomic mass is 10.1. The lowest BCUT2D eigenvalue weighted by molar-refractivity contribution is -0.139. The van der Waals surface area contributed by atoms with Crippen LogP contribution in [-0.2, 0) is 24.3 Å². The van der Waals surface area contributed by atoms with Crippen molar-refractivity contribution in [3.8, 4) is 0 Å². The molecule has 1 atom stereocenters. The van der Waals surface area contributed by atoms with E-state index in [0.717, 1.165) is 0 Å². The summed E-state index contributed by atoms with van der Waals surface area (Å²) in [4.78, 5) is 25.4. The summed E-state index contributed by atoms with van der Waals surface area (Å²) in [6.45, 7) is 1.93. The Balaban J connectivity index is 1.83. The Kier molecular flexibility index (Phi) is 6.10. The van der Waals surface area contributed by atoms with Crippen molar-refractivity contribution in [2.75, 3.05) is 46.1 Å². The molecule has 2 heterocycles. The number of morpholine rings is 2. The Morgan fingerprint density at radius 2 is 1.81 bits per heavy atom. The number of carboxylic acids is 1. The molecule has 0 aromatic heterocycles. The van der Waals surface area contributed by atoms with E-state index in [2.05, 4.69) is 0 Å². The maximum atomic E-state index is 12.9. The van der Waals surface area contributed by atoms with E-state index < -0.39 is 27.9 Å². The third-order valence-corrected chi connectivity index (χ3v) is 6.48. The minimum Gasteiger partial charge on any atom is -0.481 e. The fourth-order valence-corrected chi connectivity index (χ4v) is 4.64. The quantitative estimate of drug-likeness (QED) is 0.744. The van der Waals surface area contributed by atoms with Gasteiger partial charge in [-0.25, -0.2) is 8.42 Å². The molecular weight excluding hydrogens is 376 g/mol. The average Bonchev–Trinajstić information content (AvgIpc) is 2.68. The summed E-state index contributed by atoms with van der Waals surface area (Å²) < 4.78 is 37.4. The van der Waals surface area contributed by atoms with E-state index >= 15 is 0 Å². The predicted octanol–water partition coefficient (Wildman–Crippen LogP) is 0.0232. The first-order valence-electron chi connectivity index (χ1n) is 8.68. The number of rotatable bonds is 5. The standard InChI is InChI=1S/C17H22N2O7S/c20-16(21)11-14-12-26-9-6-19(14)17(22)13-2-1-3-15(10-13)27(23,24)18-4-7-25-8-5-18/h1-3,10,14H,4-9,11-12H2,(H,20,21). The van der Waals surface area contributed by atoms with Crippen LogP contribution in [0.15, 0.2) is 29.2 Å². The van der Waals surface area contributed by atoms with Crippen LogP contribution < -0.4 is 0 Å². The molecule has 148 valence electrons. The first-order chi connectivity index (χ1) is 12.9. The van der Waals surface area contributed by atoms with E-state index in [4.69, 9.17) is 14.6 Å². The van der Waals surface area contributed by atoms with Gasteiger partial charge in [-0.05, 0) is 18.2 Å². The molecule has 2 fully saturated rings. The van der Waals surface area contributed by atoms with Crippen molar-refractivity contribution in [2.24, 2.45) is 0 Å². The number of ether oxygens (including phenoxy) is 2. The number of carbonyl (C=O) groups is 2. The zero-order valence-electron chi connectivity index (χ0n) is 14.7. The number of carboxylic acid groups (broad SMARTS) is 1. The van der Waals surface area contributed by atoms with E-state index in [-0.39, 0.29) is 43.1 Å². The zero-order valence-corrected chi connectivity index (χ0v) is 15.6. The smallest absolute Gasteiger partial charge is 0.305 e. The van der Waals surface area contributed by atoms with Crippen molar-refractivity contribution >= 4 is 21.9 Å². The van der Waals surface area contributed by atoms with E-state index in [0.29, 0.717) is 19.8 Å². The molecule has 0 bridgehead atoms. The highest BCUT2D eigenvalue weighted by Gasteiger charge is 2.31. The third-order valence-electron chi connectivity index (χ3n) is 4.59. The molecule has 2 saturated heterocycles. The van der Waals surface area contributed by atoms with Crippen molar-refractivity contribution in [3.05, 3.63) is 29.8 Å². The van der Waals surface area contributed by atoms with Gasteiger partial charge in [0.2, 0.25) is 10.0 Å². The molecule has 1 aromatic carbocycles. The molecule has 0 aliphatic carbocycles. The second-order valence-electron chi connectivity index (χ2n) is 6.37. The molecule has 10 heteroatoms. The molecule has 3 rings (SSSR count). The maximum absolute atomic E-state index is 12.9. The number of sulfonamides is 1. The first-order valence-corrected chi connectivity index (χ1v) is 10.1. The summed E-state index contributed by atoms with van der Waals surface area (Å²) in [5, 5.41) is 9.04. The second-order valence-corrected chi connectivity index (χ2v) is 8.31. The van der Waals surface area contributed by atoms with Crippen molar-refractivity contribution in [2.45, 2.75) is 17.4 Å². The predicted molar refractivity (Wildman–Crippen MR) is 93.9 cm³/mol. The van der Waals surface area contributed by atoms with Gasteiger partial charge in [-0.3, -0.25) is 9.59 Å². The molecule has 1 aromatic rings. The van der Waals surface area contributed by atoms with Gasteiger partial charge in [0.25, 0.3) is 5.91 Å². The highest BCUT2D eigenvalue weighted by atomic mass is 32.2. The second kappa shape index (κ2) is 8.34. The average molecular weight is 398 g/mol. The fourth-order valence-electron chi connectivity index (χ4n) is 3.18. The number of nitrogens with zero attached hydrogens (tertiary/aromatic N) is 2. The highest BCUT2D eigenvalue weighted by molar-refractivity contribution is 7.89. The van der Waals surface area contributed by atoms with Crippen LogP contribution >= 0.6 is 0 Å². The molecule has 27 heavy (non-hydrogen) atoms. The van der Waals surface area contributed by atoms with Gasteiger partial charge in [0, 0.05) is 25.2 Å². The number of hydrogen-bond acceptors (Lipinski definition) is 6. The van der Waals surface area contributed by atoms with Crippen molar-refractivity contribution in [3.63, 3.8) is 0 Å². The largest absolute Gasteiger partial charge is 0.481 e. The SMILES string of the molecule is O=C(O)CC1COCCN1C(=O)c1cccc(S(=O)(=O)N2CCOCC2)c1. The van der Waals surface area contributed by atoms with Gasteiger partial charge < -0.3 is 19.5 Å². The van der Waals surface area contributed by atoms with Crippen molar-refractivity contribution in [1.82, 2.24) is 9.21 Å². The Bertz CT molecular complexity index is 805. The number of hydrogen-bond donors (Lipinski definition) is 1. The molecular formula is C17H22N2O7S. The molecule has 9 nitrogen and oxygen atoms in total. The van der Waals surface area contributed by atoms with Gasteiger partial charge in [-0.15, -0.1) is 0 Å². The lowest BCUT2D eigenvalue weighted by Gasteiger charge is -2.35. The van der Waals surface area contributed by atoms with Gasteiger partial charge >= 0.3 is 5.97 Å². The highest BCUT2D eigenvalue weighted by Crippen LogP contribution is 2.21. The van der Waals surface area contributed by atoms with Crippen LogP contribution in [-0.4, -0.2) is 86.7 Å². The van der Waals surface area contributed by atoms with Gasteiger partial charge in [0.05, 0.1) is 43.8 Å². The maximum Gasteiger partial charge on any atom is 0.305 e. The Labute approximate surface area is 157 Å². The molecule has 0 saturated carbocycles. The summed E-state index contributed by atoms with van der Waals surface area (Å²) in [5.41, 5.74) is 0.210. The third kappa shape index (κ3) is 4.46. The van der Waals surface area contributed by atoms with Crippen LogP contribution in [0.3, 0.4) is 0 Å². The fraction of sp³-hybridized carbons (Fsp3) is 0.529. The van der Waals surface area contributed by atoms with Crippen LogP contribution in [0.5, 0.6) is 0 Å². The normalized spacial score (nSPS) is 21.8. The van der Waals surface area contributed by atoms with Gasteiger partial charge in [0.15, 0.2) is 0 Å². The van der Waals surface area contributed by atoms with Crippen molar-refractivity contribution < 1.29 is 32.6 Å². The minimum atomic E-state index is -3.72. The number of carbonyl (C=O) groups excluding carboxylic acids is 1. The van der Waals surface area contributed by atoms with Crippen LogP contribution in [0.25, 0.3) is 0 Å². The number of aliphatic carboxylic acids is 1. The minimum absolute atomic E-state index is 0.0401. The van der Waals surface area contributed by atoms with Crippen molar-refractivity contribution in [1.29, 1.82) is 0 Å². The summed E-state index contributed by atoms with van der Waals surface area (Å²) in [6, 6.07) is 5.28. The topological polar surface area (TPSA) is 113 Å². The van der Waals surface area contributed by atoms with Gasteiger partial charge in [-0.1, -0.05) is 6.07 Å². The summed E-state index contributed by atoms with van der Waals surface area (Å²) in [7, 11) is -3.72. The van der Waals surface area contributed by atoms with E-state index in [1.807, 2.05) is 0 Å².